The molecule has 0 amide bonds. The molecule has 0 radical (unpaired) electrons. The zero-order chi connectivity index (χ0) is 12.8. The number of rotatable bonds is 6. The average molecular weight is 238 g/mol. The second kappa shape index (κ2) is 5.95. The predicted octanol–water partition coefficient (Wildman–Crippen LogP) is 1.49. The van der Waals surface area contributed by atoms with Crippen LogP contribution in [0.25, 0.3) is 0 Å². The topological polar surface area (TPSA) is 72.7 Å². The number of ether oxygens (including phenoxy) is 1. The van der Waals surface area contributed by atoms with Crippen LogP contribution in [-0.4, -0.2) is 38.5 Å². The first-order valence-corrected chi connectivity index (χ1v) is 5.04. The van der Waals surface area contributed by atoms with Crippen molar-refractivity contribution < 1.29 is 14.5 Å². The van der Waals surface area contributed by atoms with Crippen molar-refractivity contribution in [2.24, 2.45) is 0 Å². The summed E-state index contributed by atoms with van der Waals surface area (Å²) in [5.41, 5.74) is 0.687. The van der Waals surface area contributed by atoms with Gasteiger partial charge in [-0.2, -0.15) is 0 Å². The summed E-state index contributed by atoms with van der Waals surface area (Å²) in [5.74, 6) is 0. The van der Waals surface area contributed by atoms with E-state index >= 15 is 0 Å². The van der Waals surface area contributed by atoms with Gasteiger partial charge in [-0.15, -0.1) is 0 Å². The Morgan fingerprint density at radius 1 is 1.53 bits per heavy atom. The number of aldehydes is 1. The van der Waals surface area contributed by atoms with Crippen LogP contribution < -0.4 is 4.90 Å². The maximum Gasteiger partial charge on any atom is 0.293 e. The van der Waals surface area contributed by atoms with Gasteiger partial charge in [-0.1, -0.05) is 0 Å². The number of nitro benzene ring substituents is 1. The molecule has 0 heterocycles. The van der Waals surface area contributed by atoms with Gasteiger partial charge in [0, 0.05) is 32.3 Å². The molecule has 0 aromatic heterocycles. The molecule has 6 nitrogen and oxygen atoms in total. The molecule has 0 aliphatic carbocycles. The molecule has 0 atom stereocenters. The van der Waals surface area contributed by atoms with Crippen LogP contribution in [0.3, 0.4) is 0 Å². The fourth-order valence-corrected chi connectivity index (χ4v) is 1.43. The monoisotopic (exact) mass is 238 g/mol. The highest BCUT2D eigenvalue weighted by atomic mass is 16.6. The smallest absolute Gasteiger partial charge is 0.293 e. The first-order chi connectivity index (χ1) is 8.10. The van der Waals surface area contributed by atoms with Gasteiger partial charge < -0.3 is 9.64 Å². The third-order valence-electron chi connectivity index (χ3n) is 2.37. The number of carbonyl (C=O) groups excluding carboxylic acids is 1. The Morgan fingerprint density at radius 2 is 2.24 bits per heavy atom. The number of nitrogens with zero attached hydrogens (tertiary/aromatic N) is 2. The van der Waals surface area contributed by atoms with E-state index in [2.05, 4.69) is 0 Å². The Balaban J connectivity index is 3.05. The molecule has 0 fully saturated rings. The molecular formula is C11H14N2O4. The lowest BCUT2D eigenvalue weighted by Crippen LogP contribution is -2.22. The minimum atomic E-state index is -0.494. The van der Waals surface area contributed by atoms with Gasteiger partial charge in [0.1, 0.15) is 12.0 Å². The zero-order valence-corrected chi connectivity index (χ0v) is 9.75. The summed E-state index contributed by atoms with van der Waals surface area (Å²) in [7, 11) is 3.31. The molecule has 1 rings (SSSR count). The van der Waals surface area contributed by atoms with Crippen molar-refractivity contribution in [3.05, 3.63) is 33.9 Å². The fraction of sp³-hybridized carbons (Fsp3) is 0.364. The number of hydrogen-bond donors (Lipinski definition) is 0. The molecule has 17 heavy (non-hydrogen) atoms. The summed E-state index contributed by atoms with van der Waals surface area (Å²) in [6.45, 7) is 1.01. The minimum absolute atomic E-state index is 0.0757. The standard InChI is InChI=1S/C11H14N2O4/c1-12(5-6-17-2)10-4-3-9(8-14)7-11(10)13(15)16/h3-4,7-8H,5-6H2,1-2H3. The van der Waals surface area contributed by atoms with E-state index in [1.807, 2.05) is 0 Å². The van der Waals surface area contributed by atoms with E-state index in [0.29, 0.717) is 30.7 Å². The number of hydrogen-bond acceptors (Lipinski definition) is 5. The van der Waals surface area contributed by atoms with Crippen LogP contribution in [0.4, 0.5) is 11.4 Å². The molecule has 0 unspecified atom stereocenters. The van der Waals surface area contributed by atoms with E-state index in [1.165, 1.54) is 6.07 Å². The Morgan fingerprint density at radius 3 is 2.76 bits per heavy atom. The van der Waals surface area contributed by atoms with Crippen LogP contribution in [0.5, 0.6) is 0 Å². The Kier molecular flexibility index (Phi) is 4.59. The molecule has 0 aliphatic rings. The molecule has 0 N–H and O–H groups in total. The van der Waals surface area contributed by atoms with Gasteiger partial charge >= 0.3 is 0 Å². The van der Waals surface area contributed by atoms with E-state index in [4.69, 9.17) is 4.74 Å². The molecular weight excluding hydrogens is 224 g/mol. The maximum absolute atomic E-state index is 10.9. The van der Waals surface area contributed by atoms with Crippen LogP contribution in [0.1, 0.15) is 10.4 Å². The second-order valence-corrected chi connectivity index (χ2v) is 3.54. The quantitative estimate of drug-likeness (QED) is 0.426. The lowest BCUT2D eigenvalue weighted by molar-refractivity contribution is -0.384. The molecule has 0 saturated carbocycles. The zero-order valence-electron chi connectivity index (χ0n) is 9.75. The van der Waals surface area contributed by atoms with Crippen LogP contribution in [0.2, 0.25) is 0 Å². The number of benzene rings is 1. The number of methoxy groups -OCH3 is 1. The van der Waals surface area contributed by atoms with Gasteiger partial charge in [-0.25, -0.2) is 0 Å². The molecule has 1 aromatic rings. The van der Waals surface area contributed by atoms with Crippen molar-refractivity contribution in [3.8, 4) is 0 Å². The predicted molar refractivity (Wildman–Crippen MR) is 63.6 cm³/mol. The third-order valence-corrected chi connectivity index (χ3v) is 2.37. The van der Waals surface area contributed by atoms with Gasteiger partial charge in [0.25, 0.3) is 5.69 Å². The SMILES string of the molecule is COCCN(C)c1ccc(C=O)cc1[N+](=O)[O-]. The largest absolute Gasteiger partial charge is 0.383 e. The molecule has 0 aliphatic heterocycles. The molecule has 1 aromatic carbocycles. The summed E-state index contributed by atoms with van der Waals surface area (Å²) < 4.78 is 4.91. The Labute approximate surface area is 98.9 Å². The van der Waals surface area contributed by atoms with E-state index < -0.39 is 4.92 Å². The molecule has 0 spiro atoms. The Bertz CT molecular complexity index is 420. The van der Waals surface area contributed by atoms with Crippen LogP contribution in [-0.2, 0) is 4.74 Å². The lowest BCUT2D eigenvalue weighted by Gasteiger charge is -2.18. The highest BCUT2D eigenvalue weighted by molar-refractivity contribution is 5.79. The van der Waals surface area contributed by atoms with Crippen molar-refractivity contribution in [3.63, 3.8) is 0 Å². The fourth-order valence-electron chi connectivity index (χ4n) is 1.43. The van der Waals surface area contributed by atoms with Crippen molar-refractivity contribution in [1.29, 1.82) is 0 Å². The first-order valence-electron chi connectivity index (χ1n) is 5.04. The van der Waals surface area contributed by atoms with E-state index in [9.17, 15) is 14.9 Å². The van der Waals surface area contributed by atoms with Crippen molar-refractivity contribution in [1.82, 2.24) is 0 Å². The molecule has 0 bridgehead atoms. The summed E-state index contributed by atoms with van der Waals surface area (Å²) in [6, 6.07) is 4.39. The molecule has 6 heteroatoms. The molecule has 92 valence electrons. The van der Waals surface area contributed by atoms with Crippen molar-refractivity contribution in [2.75, 3.05) is 32.2 Å². The summed E-state index contributed by atoms with van der Waals surface area (Å²) >= 11 is 0. The van der Waals surface area contributed by atoms with Crippen molar-refractivity contribution >= 4 is 17.7 Å². The van der Waals surface area contributed by atoms with Crippen LogP contribution >= 0.6 is 0 Å². The number of nitro groups is 1. The van der Waals surface area contributed by atoms with E-state index in [1.54, 1.807) is 31.2 Å². The first kappa shape index (κ1) is 13.1. The number of carbonyl (C=O) groups is 1. The van der Waals surface area contributed by atoms with Gasteiger partial charge in [0.15, 0.2) is 0 Å². The van der Waals surface area contributed by atoms with Crippen LogP contribution in [0.15, 0.2) is 18.2 Å². The molecule has 0 saturated heterocycles. The summed E-state index contributed by atoms with van der Waals surface area (Å²) in [5, 5.41) is 10.9. The van der Waals surface area contributed by atoms with Crippen molar-refractivity contribution in [2.45, 2.75) is 0 Å². The highest BCUT2D eigenvalue weighted by Gasteiger charge is 2.17. The van der Waals surface area contributed by atoms with Gasteiger partial charge in [-0.05, 0) is 12.1 Å². The lowest BCUT2D eigenvalue weighted by atomic mass is 10.2. The highest BCUT2D eigenvalue weighted by Crippen LogP contribution is 2.27. The normalized spacial score (nSPS) is 10.0. The van der Waals surface area contributed by atoms with Gasteiger partial charge in [0.05, 0.1) is 11.5 Å². The van der Waals surface area contributed by atoms with E-state index in [0.717, 1.165) is 0 Å². The number of anilines is 1. The van der Waals surface area contributed by atoms with Gasteiger partial charge in [0.2, 0.25) is 0 Å². The summed E-state index contributed by atoms with van der Waals surface area (Å²) in [4.78, 5) is 22.7. The maximum atomic E-state index is 10.9. The minimum Gasteiger partial charge on any atom is -0.383 e. The number of likely N-dealkylation sites (N-methyl/N-ethyl adjacent to an activating group) is 1. The van der Waals surface area contributed by atoms with Crippen LogP contribution in [0, 0.1) is 10.1 Å². The third kappa shape index (κ3) is 3.25. The average Bonchev–Trinajstić information content (AvgIpc) is 2.35. The Hall–Kier alpha value is -1.95. The van der Waals surface area contributed by atoms with E-state index in [-0.39, 0.29) is 5.69 Å². The second-order valence-electron chi connectivity index (χ2n) is 3.54. The summed E-state index contributed by atoms with van der Waals surface area (Å²) in [6.07, 6.45) is 0.589. The van der Waals surface area contributed by atoms with Gasteiger partial charge in [-0.3, -0.25) is 14.9 Å².